The lowest BCUT2D eigenvalue weighted by Crippen LogP contribution is -2.37. The molecule has 1 fully saturated rings. The second-order valence-corrected chi connectivity index (χ2v) is 7.86. The Morgan fingerprint density at radius 2 is 2.32 bits per heavy atom. The van der Waals surface area contributed by atoms with E-state index < -0.39 is 0 Å². The number of hydrogen-bond acceptors (Lipinski definition) is 4. The van der Waals surface area contributed by atoms with Gasteiger partial charge in [0.1, 0.15) is 0 Å². The van der Waals surface area contributed by atoms with Gasteiger partial charge in [-0.25, -0.2) is 0 Å². The van der Waals surface area contributed by atoms with E-state index in [1.807, 2.05) is 25.1 Å². The van der Waals surface area contributed by atoms with E-state index in [9.17, 15) is 4.79 Å². The highest BCUT2D eigenvalue weighted by Gasteiger charge is 2.21. The van der Waals surface area contributed by atoms with Gasteiger partial charge in [-0.05, 0) is 48.9 Å². The Bertz CT molecular complexity index is 699. The zero-order valence-electron chi connectivity index (χ0n) is 14.3. The first kappa shape index (κ1) is 18.4. The van der Waals surface area contributed by atoms with Gasteiger partial charge in [-0.2, -0.15) is 0 Å². The summed E-state index contributed by atoms with van der Waals surface area (Å²) in [5.74, 6) is -0.0279. The van der Waals surface area contributed by atoms with E-state index >= 15 is 0 Å². The number of carbonyl (C=O) groups is 1. The van der Waals surface area contributed by atoms with Crippen LogP contribution in [0.3, 0.4) is 0 Å². The number of nitrogens with zero attached hydrogens (tertiary/aromatic N) is 1. The van der Waals surface area contributed by atoms with Crippen LogP contribution in [0.1, 0.15) is 23.3 Å². The Labute approximate surface area is 157 Å². The van der Waals surface area contributed by atoms with Crippen molar-refractivity contribution in [1.29, 1.82) is 0 Å². The Hall–Kier alpha value is -1.40. The summed E-state index contributed by atoms with van der Waals surface area (Å²) in [7, 11) is 0. The van der Waals surface area contributed by atoms with E-state index in [1.54, 1.807) is 17.4 Å². The minimum absolute atomic E-state index is 0.0279. The van der Waals surface area contributed by atoms with E-state index in [0.29, 0.717) is 11.6 Å². The van der Waals surface area contributed by atoms with Crippen LogP contribution < -0.4 is 5.32 Å². The highest BCUT2D eigenvalue weighted by molar-refractivity contribution is 7.09. The van der Waals surface area contributed by atoms with Gasteiger partial charge in [0, 0.05) is 35.3 Å². The van der Waals surface area contributed by atoms with Crippen LogP contribution >= 0.6 is 22.9 Å². The zero-order chi connectivity index (χ0) is 17.6. The summed E-state index contributed by atoms with van der Waals surface area (Å²) in [6.07, 6.45) is 2.39. The lowest BCUT2D eigenvalue weighted by Gasteiger charge is -2.24. The Kier molecular flexibility index (Phi) is 6.48. The molecule has 3 rings (SSSR count). The molecule has 0 spiro atoms. The third kappa shape index (κ3) is 5.54. The highest BCUT2D eigenvalue weighted by Crippen LogP contribution is 2.21. The van der Waals surface area contributed by atoms with Crippen molar-refractivity contribution >= 4 is 34.5 Å². The molecule has 25 heavy (non-hydrogen) atoms. The van der Waals surface area contributed by atoms with E-state index in [1.165, 1.54) is 4.88 Å². The molecule has 0 aliphatic carbocycles. The van der Waals surface area contributed by atoms with E-state index in [4.69, 9.17) is 16.3 Å². The second kappa shape index (κ2) is 8.81. The van der Waals surface area contributed by atoms with Gasteiger partial charge in [0.2, 0.25) is 5.91 Å². The predicted molar refractivity (Wildman–Crippen MR) is 103 cm³/mol. The van der Waals surface area contributed by atoms with E-state index in [0.717, 1.165) is 43.8 Å². The Morgan fingerprint density at radius 3 is 3.04 bits per heavy atom. The topological polar surface area (TPSA) is 41.6 Å². The molecule has 1 atom stereocenters. The van der Waals surface area contributed by atoms with Crippen LogP contribution in [0.15, 0.2) is 35.7 Å². The van der Waals surface area contributed by atoms with Crippen LogP contribution in [0.25, 0.3) is 0 Å². The summed E-state index contributed by atoms with van der Waals surface area (Å²) < 4.78 is 5.75. The third-order valence-corrected chi connectivity index (χ3v) is 5.38. The average Bonchev–Trinajstić information content (AvgIpc) is 3.25. The molecule has 1 amide bonds. The molecule has 1 N–H and O–H groups in total. The molecule has 1 aliphatic heterocycles. The smallest absolute Gasteiger partial charge is 0.238 e. The zero-order valence-corrected chi connectivity index (χ0v) is 15.9. The number of amides is 1. The van der Waals surface area contributed by atoms with Crippen molar-refractivity contribution in [3.05, 3.63) is 51.2 Å². The minimum atomic E-state index is -0.0279. The standard InChI is InChI=1S/C19H23ClN2O2S/c1-14-6-7-15(20)10-18(14)21-19(23)13-22(11-16-4-2-8-24-16)12-17-5-3-9-25-17/h3,5-7,9-10,16H,2,4,8,11-13H2,1H3,(H,21,23). The van der Waals surface area contributed by atoms with Crippen LogP contribution in [0, 0.1) is 6.92 Å². The SMILES string of the molecule is Cc1ccc(Cl)cc1NC(=O)CN(Cc1cccs1)CC1CCCO1. The first-order chi connectivity index (χ1) is 12.1. The van der Waals surface area contributed by atoms with Crippen LogP contribution in [-0.2, 0) is 16.1 Å². The number of thiophene rings is 1. The molecular weight excluding hydrogens is 356 g/mol. The summed E-state index contributed by atoms with van der Waals surface area (Å²) >= 11 is 7.75. The number of ether oxygens (including phenoxy) is 1. The molecule has 1 aliphatic rings. The lowest BCUT2D eigenvalue weighted by atomic mass is 10.2. The normalized spacial score (nSPS) is 17.2. The first-order valence-corrected chi connectivity index (χ1v) is 9.78. The maximum atomic E-state index is 12.6. The second-order valence-electron chi connectivity index (χ2n) is 6.39. The minimum Gasteiger partial charge on any atom is -0.377 e. The van der Waals surface area contributed by atoms with E-state index in [-0.39, 0.29) is 12.0 Å². The fraction of sp³-hybridized carbons (Fsp3) is 0.421. The Balaban J connectivity index is 1.63. The summed E-state index contributed by atoms with van der Waals surface area (Å²) in [6.45, 7) is 4.66. The van der Waals surface area contributed by atoms with Gasteiger partial charge in [-0.3, -0.25) is 9.69 Å². The molecule has 0 radical (unpaired) electrons. The molecule has 134 valence electrons. The number of hydrogen-bond donors (Lipinski definition) is 1. The van der Waals surface area contributed by atoms with Gasteiger partial charge in [0.05, 0.1) is 12.6 Å². The molecule has 4 nitrogen and oxygen atoms in total. The first-order valence-electron chi connectivity index (χ1n) is 8.52. The largest absolute Gasteiger partial charge is 0.377 e. The number of benzene rings is 1. The predicted octanol–water partition coefficient (Wildman–Crippen LogP) is 4.33. The molecule has 2 heterocycles. The van der Waals surface area contributed by atoms with Gasteiger partial charge >= 0.3 is 0 Å². The molecule has 1 saturated heterocycles. The van der Waals surface area contributed by atoms with Crippen molar-refractivity contribution in [1.82, 2.24) is 4.90 Å². The number of halogens is 1. The number of nitrogens with one attached hydrogen (secondary N) is 1. The van der Waals surface area contributed by atoms with Gasteiger partial charge in [0.25, 0.3) is 0 Å². The molecule has 6 heteroatoms. The molecule has 2 aromatic rings. The fourth-order valence-corrected chi connectivity index (χ4v) is 3.92. The molecule has 0 bridgehead atoms. The van der Waals surface area contributed by atoms with Crippen molar-refractivity contribution in [2.45, 2.75) is 32.4 Å². The van der Waals surface area contributed by atoms with Crippen molar-refractivity contribution in [2.75, 3.05) is 25.0 Å². The quantitative estimate of drug-likeness (QED) is 0.779. The lowest BCUT2D eigenvalue weighted by molar-refractivity contribution is -0.117. The van der Waals surface area contributed by atoms with Crippen molar-refractivity contribution in [3.63, 3.8) is 0 Å². The molecular formula is C19H23ClN2O2S. The third-order valence-electron chi connectivity index (χ3n) is 4.29. The van der Waals surface area contributed by atoms with Gasteiger partial charge in [-0.1, -0.05) is 23.7 Å². The number of aryl methyl sites for hydroxylation is 1. The van der Waals surface area contributed by atoms with Gasteiger partial charge in [0.15, 0.2) is 0 Å². The molecule has 1 unspecified atom stereocenters. The van der Waals surface area contributed by atoms with Gasteiger partial charge < -0.3 is 10.1 Å². The van der Waals surface area contributed by atoms with Crippen molar-refractivity contribution in [2.24, 2.45) is 0 Å². The Morgan fingerprint density at radius 1 is 1.44 bits per heavy atom. The summed E-state index contributed by atoms with van der Waals surface area (Å²) in [6, 6.07) is 9.67. The van der Waals surface area contributed by atoms with E-state index in [2.05, 4.69) is 21.7 Å². The maximum Gasteiger partial charge on any atom is 0.238 e. The summed E-state index contributed by atoms with van der Waals surface area (Å²) in [4.78, 5) is 16.0. The summed E-state index contributed by atoms with van der Waals surface area (Å²) in [5, 5.41) is 5.67. The van der Waals surface area contributed by atoms with Crippen LogP contribution in [0.4, 0.5) is 5.69 Å². The van der Waals surface area contributed by atoms with Crippen molar-refractivity contribution in [3.8, 4) is 0 Å². The molecule has 1 aromatic carbocycles. The number of carbonyl (C=O) groups excluding carboxylic acids is 1. The van der Waals surface area contributed by atoms with Crippen molar-refractivity contribution < 1.29 is 9.53 Å². The number of rotatable bonds is 7. The molecule has 0 saturated carbocycles. The maximum absolute atomic E-state index is 12.6. The average molecular weight is 379 g/mol. The van der Waals surface area contributed by atoms with Crippen LogP contribution in [0.5, 0.6) is 0 Å². The van der Waals surface area contributed by atoms with Crippen LogP contribution in [-0.4, -0.2) is 36.6 Å². The number of anilines is 1. The summed E-state index contributed by atoms with van der Waals surface area (Å²) in [5.41, 5.74) is 1.77. The monoisotopic (exact) mass is 378 g/mol. The fourth-order valence-electron chi connectivity index (χ4n) is 3.01. The highest BCUT2D eigenvalue weighted by atomic mass is 35.5. The molecule has 1 aromatic heterocycles. The van der Waals surface area contributed by atoms with Gasteiger partial charge in [-0.15, -0.1) is 11.3 Å². The van der Waals surface area contributed by atoms with Crippen LogP contribution in [0.2, 0.25) is 5.02 Å².